The molecule has 0 bridgehead atoms. The normalized spacial score (nSPS) is 19.7. The van der Waals surface area contributed by atoms with Crippen LogP contribution < -0.4 is 11.1 Å². The van der Waals surface area contributed by atoms with Crippen LogP contribution in [0.5, 0.6) is 0 Å². The first kappa shape index (κ1) is 39.4. The number of carbonyl (C=O) groups is 4. The molecule has 0 saturated carbocycles. The summed E-state index contributed by atoms with van der Waals surface area (Å²) in [5.74, 6) is 0.196. The number of rotatable bonds is 11. The number of oxazole rings is 1. The van der Waals surface area contributed by atoms with E-state index >= 15 is 0 Å². The molecule has 0 aliphatic carbocycles. The van der Waals surface area contributed by atoms with Gasteiger partial charge in [-0.15, -0.1) is 0 Å². The monoisotopic (exact) mass is 772 g/mol. The number of benzene rings is 2. The van der Waals surface area contributed by atoms with Crippen LogP contribution in [-0.2, 0) is 31.9 Å². The van der Waals surface area contributed by atoms with E-state index in [2.05, 4.69) is 15.2 Å². The van der Waals surface area contributed by atoms with Crippen molar-refractivity contribution in [3.05, 3.63) is 63.6 Å². The van der Waals surface area contributed by atoms with Crippen molar-refractivity contribution < 1.29 is 33.1 Å². The van der Waals surface area contributed by atoms with Crippen LogP contribution in [0.4, 0.5) is 15.3 Å². The summed E-state index contributed by atoms with van der Waals surface area (Å²) in [5, 5.41) is 3.05. The highest BCUT2D eigenvalue weighted by atomic mass is 16.6. The highest BCUT2D eigenvalue weighted by Gasteiger charge is 2.37. The van der Waals surface area contributed by atoms with Crippen molar-refractivity contribution in [2.24, 2.45) is 11.8 Å². The standard InChI is InChI=1S/C42H56N6O8/c1-3-24-54-37(49)15-18-45-16-8-30(9-17-45)31-10-19-46(20-11-31)39(50)36(27-29-25-28(2)38-35(26-29)55-41(52)44-38)56-42(53)47-21-13-33(14-22-47)48-23-12-32-6-4-5-7-34(32)43-40(48)51/h4-7,25-26,30-31,33,36H,3,8-24,27H2,1-2H3,(H,43,51)(H,44,52)/t36-/m1/s1. The first-order valence-corrected chi connectivity index (χ1v) is 20.5. The molecule has 0 unspecified atom stereocenters. The van der Waals surface area contributed by atoms with Crippen LogP contribution in [0.2, 0.25) is 0 Å². The van der Waals surface area contributed by atoms with Gasteiger partial charge in [-0.05, 0) is 112 Å². The number of hydrogen-bond donors (Lipinski definition) is 2. The number of ether oxygens (including phenoxy) is 2. The lowest BCUT2D eigenvalue weighted by atomic mass is 9.78. The molecular formula is C42H56N6O8. The van der Waals surface area contributed by atoms with Crippen molar-refractivity contribution in [1.29, 1.82) is 0 Å². The maximum atomic E-state index is 14.3. The van der Waals surface area contributed by atoms with Gasteiger partial charge in [0.15, 0.2) is 11.7 Å². The molecule has 0 spiro atoms. The summed E-state index contributed by atoms with van der Waals surface area (Å²) in [6.07, 6.45) is 5.72. The predicted octanol–water partition coefficient (Wildman–Crippen LogP) is 5.33. The van der Waals surface area contributed by atoms with Gasteiger partial charge in [0.2, 0.25) is 0 Å². The number of aromatic nitrogens is 1. The third kappa shape index (κ3) is 9.39. The van der Waals surface area contributed by atoms with Crippen molar-refractivity contribution in [3.8, 4) is 0 Å². The number of anilines is 1. The van der Waals surface area contributed by atoms with E-state index in [4.69, 9.17) is 13.9 Å². The van der Waals surface area contributed by atoms with Crippen LogP contribution in [0.1, 0.15) is 75.0 Å². The van der Waals surface area contributed by atoms with Crippen LogP contribution in [0.15, 0.2) is 45.6 Å². The fraction of sp³-hybridized carbons (Fsp3) is 0.595. The number of carbonyl (C=O) groups excluding carboxylic acids is 4. The second kappa shape index (κ2) is 18.0. The molecule has 4 aliphatic rings. The minimum Gasteiger partial charge on any atom is -0.466 e. The minimum absolute atomic E-state index is 0.0145. The molecule has 3 saturated heterocycles. The fourth-order valence-electron chi connectivity index (χ4n) is 9.08. The molecule has 2 N–H and O–H groups in total. The number of nitrogens with one attached hydrogen (secondary N) is 2. The topological polar surface area (TPSA) is 158 Å². The Bertz CT molecular complexity index is 1920. The van der Waals surface area contributed by atoms with Gasteiger partial charge < -0.3 is 38.8 Å². The van der Waals surface area contributed by atoms with Gasteiger partial charge in [-0.3, -0.25) is 14.6 Å². The zero-order valence-electron chi connectivity index (χ0n) is 32.8. The number of fused-ring (bicyclic) bond motifs is 2. The third-order valence-corrected chi connectivity index (χ3v) is 12.3. The fourth-order valence-corrected chi connectivity index (χ4v) is 9.08. The summed E-state index contributed by atoms with van der Waals surface area (Å²) >= 11 is 0. The van der Waals surface area contributed by atoms with E-state index in [0.29, 0.717) is 81.5 Å². The van der Waals surface area contributed by atoms with Crippen LogP contribution in [0.3, 0.4) is 0 Å². The van der Waals surface area contributed by atoms with Crippen molar-refractivity contribution in [2.75, 3.05) is 64.3 Å². The number of aromatic amines is 1. The molecule has 14 nitrogen and oxygen atoms in total. The number of hydrogen-bond acceptors (Lipinski definition) is 9. The Morgan fingerprint density at radius 2 is 1.59 bits per heavy atom. The number of urea groups is 1. The summed E-state index contributed by atoms with van der Waals surface area (Å²) in [6.45, 7) is 9.61. The Morgan fingerprint density at radius 3 is 2.32 bits per heavy atom. The molecule has 0 radical (unpaired) electrons. The molecule has 7 rings (SSSR count). The van der Waals surface area contributed by atoms with Crippen molar-refractivity contribution >= 4 is 40.8 Å². The maximum absolute atomic E-state index is 14.3. The molecule has 1 aromatic heterocycles. The first-order valence-electron chi connectivity index (χ1n) is 20.5. The second-order valence-electron chi connectivity index (χ2n) is 15.9. The van der Waals surface area contributed by atoms with E-state index in [1.165, 1.54) is 0 Å². The van der Waals surface area contributed by atoms with Crippen molar-refractivity contribution in [1.82, 2.24) is 24.6 Å². The van der Waals surface area contributed by atoms with E-state index < -0.39 is 18.0 Å². The molecular weight excluding hydrogens is 716 g/mol. The summed E-state index contributed by atoms with van der Waals surface area (Å²) in [6, 6.07) is 11.3. The Hall–Kier alpha value is -4.85. The summed E-state index contributed by atoms with van der Waals surface area (Å²) in [7, 11) is 0. The van der Waals surface area contributed by atoms with Crippen molar-refractivity contribution in [3.63, 3.8) is 0 Å². The number of amides is 4. The van der Waals surface area contributed by atoms with Gasteiger partial charge in [0.25, 0.3) is 5.91 Å². The van der Waals surface area contributed by atoms with Crippen LogP contribution in [0, 0.1) is 18.8 Å². The quantitative estimate of drug-likeness (QED) is 0.246. The SMILES string of the molecule is CCCOC(=O)CCN1CCC(C2CCN(C(=O)[C@@H](Cc3cc(C)c4[nH]c(=O)oc4c3)OC(=O)N3CCC(N4CCc5ccccc5NC4=O)CC3)CC2)CC1. The number of nitrogens with zero attached hydrogens (tertiary/aromatic N) is 4. The summed E-state index contributed by atoms with van der Waals surface area (Å²) < 4.78 is 16.7. The lowest BCUT2D eigenvalue weighted by Crippen LogP contribution is -2.52. The predicted molar refractivity (Wildman–Crippen MR) is 210 cm³/mol. The molecule has 4 aliphatic heterocycles. The zero-order chi connectivity index (χ0) is 39.2. The lowest BCUT2D eigenvalue weighted by Gasteiger charge is -2.41. The van der Waals surface area contributed by atoms with E-state index in [-0.39, 0.29) is 30.4 Å². The number of likely N-dealkylation sites (tertiary alicyclic amines) is 3. The van der Waals surface area contributed by atoms with Gasteiger partial charge in [0.1, 0.15) is 0 Å². The maximum Gasteiger partial charge on any atom is 0.417 e. The largest absolute Gasteiger partial charge is 0.466 e. The van der Waals surface area contributed by atoms with Gasteiger partial charge in [0.05, 0.1) is 18.5 Å². The smallest absolute Gasteiger partial charge is 0.417 e. The van der Waals surface area contributed by atoms with E-state index in [1.54, 1.807) is 11.0 Å². The lowest BCUT2D eigenvalue weighted by molar-refractivity contribution is -0.144. The highest BCUT2D eigenvalue weighted by Crippen LogP contribution is 2.33. The molecule has 5 heterocycles. The van der Waals surface area contributed by atoms with E-state index in [0.717, 1.165) is 80.5 Å². The van der Waals surface area contributed by atoms with Gasteiger partial charge in [-0.25, -0.2) is 14.4 Å². The molecule has 4 amide bonds. The Kier molecular flexibility index (Phi) is 12.6. The molecule has 3 aromatic rings. The number of esters is 1. The van der Waals surface area contributed by atoms with Crippen LogP contribution in [0.25, 0.3) is 11.1 Å². The van der Waals surface area contributed by atoms with Crippen molar-refractivity contribution in [2.45, 2.75) is 90.2 Å². The first-order chi connectivity index (χ1) is 27.1. The average molecular weight is 773 g/mol. The molecule has 56 heavy (non-hydrogen) atoms. The number of H-pyrrole nitrogens is 1. The Balaban J connectivity index is 0.952. The third-order valence-electron chi connectivity index (χ3n) is 12.3. The van der Waals surface area contributed by atoms with Gasteiger partial charge >= 0.3 is 23.8 Å². The van der Waals surface area contributed by atoms with Gasteiger partial charge in [-0.1, -0.05) is 31.2 Å². The Morgan fingerprint density at radius 1 is 0.893 bits per heavy atom. The van der Waals surface area contributed by atoms with Gasteiger partial charge in [0, 0.05) is 57.4 Å². The van der Waals surface area contributed by atoms with E-state index in [1.807, 2.05) is 54.0 Å². The number of piperidine rings is 3. The Labute approximate surface area is 327 Å². The molecule has 14 heteroatoms. The summed E-state index contributed by atoms with van der Waals surface area (Å²) in [4.78, 5) is 75.6. The van der Waals surface area contributed by atoms with Crippen LogP contribution >= 0.6 is 0 Å². The molecule has 2 aromatic carbocycles. The molecule has 302 valence electrons. The highest BCUT2D eigenvalue weighted by molar-refractivity contribution is 5.91. The minimum atomic E-state index is -1.05. The zero-order valence-corrected chi connectivity index (χ0v) is 32.8. The summed E-state index contributed by atoms with van der Waals surface area (Å²) in [5.41, 5.74) is 4.48. The van der Waals surface area contributed by atoms with E-state index in [9.17, 15) is 24.0 Å². The number of para-hydroxylation sites is 1. The number of aryl methyl sites for hydroxylation is 1. The average Bonchev–Trinajstić information content (AvgIpc) is 3.51. The molecule has 3 fully saturated rings. The molecule has 1 atom stereocenters. The second-order valence-corrected chi connectivity index (χ2v) is 15.9. The van der Waals surface area contributed by atoms with Gasteiger partial charge in [-0.2, -0.15) is 0 Å². The van der Waals surface area contributed by atoms with Crippen LogP contribution in [-0.4, -0.2) is 120 Å².